The molecule has 154 valence electrons. The van der Waals surface area contributed by atoms with Crippen molar-refractivity contribution < 1.29 is 9.53 Å². The third-order valence-corrected chi connectivity index (χ3v) is 4.24. The highest BCUT2D eigenvalue weighted by Crippen LogP contribution is 2.14. The smallest absolute Gasteiger partial charge is 0.223 e. The molecule has 0 radical (unpaired) electrons. The lowest BCUT2D eigenvalue weighted by atomic mass is 10.0. The maximum atomic E-state index is 11.7. The monoisotopic (exact) mass is 483 g/mol. The first-order chi connectivity index (χ1) is 11.9. The zero-order chi connectivity index (χ0) is 18.7. The van der Waals surface area contributed by atoms with Gasteiger partial charge in [0.15, 0.2) is 5.96 Å². The lowest BCUT2D eigenvalue weighted by Gasteiger charge is -2.34. The minimum absolute atomic E-state index is 0. The molecule has 1 unspecified atom stereocenters. The summed E-state index contributed by atoms with van der Waals surface area (Å²) in [5, 5.41) is 6.53. The molecule has 26 heavy (non-hydrogen) atoms. The summed E-state index contributed by atoms with van der Waals surface area (Å²) >= 11 is 0. The number of morpholine rings is 1. The second kappa shape index (κ2) is 14.4. The molecule has 0 aromatic carbocycles. The molecular weight excluding hydrogens is 445 g/mol. The average Bonchev–Trinajstić information content (AvgIpc) is 2.58. The van der Waals surface area contributed by atoms with Crippen LogP contribution in [0.25, 0.3) is 0 Å². The van der Waals surface area contributed by atoms with Gasteiger partial charge in [-0.3, -0.25) is 14.7 Å². The van der Waals surface area contributed by atoms with Crippen molar-refractivity contribution in [2.45, 2.75) is 39.7 Å². The van der Waals surface area contributed by atoms with Crippen molar-refractivity contribution in [1.29, 1.82) is 0 Å². The average molecular weight is 483 g/mol. The van der Waals surface area contributed by atoms with Crippen LogP contribution in [0.1, 0.15) is 33.6 Å². The van der Waals surface area contributed by atoms with Crippen molar-refractivity contribution in [3.05, 3.63) is 0 Å². The van der Waals surface area contributed by atoms with Crippen LogP contribution in [0, 0.1) is 5.92 Å². The number of hydrogen-bond acceptors (Lipinski definition) is 4. The number of rotatable bonds is 9. The number of guanidine groups is 1. The highest BCUT2D eigenvalue weighted by atomic mass is 127. The number of nitrogens with zero attached hydrogens (tertiary/aromatic N) is 3. The minimum atomic E-state index is 0. The molecule has 0 saturated carbocycles. The number of hydrogen-bond donors (Lipinski definition) is 2. The Labute approximate surface area is 176 Å². The van der Waals surface area contributed by atoms with E-state index in [-0.39, 0.29) is 29.9 Å². The molecule has 0 aliphatic carbocycles. The van der Waals surface area contributed by atoms with E-state index < -0.39 is 0 Å². The Kier molecular flexibility index (Phi) is 14.1. The van der Waals surface area contributed by atoms with Crippen LogP contribution in [0.5, 0.6) is 0 Å². The predicted octanol–water partition coefficient (Wildman–Crippen LogP) is 1.38. The molecule has 7 nitrogen and oxygen atoms in total. The Morgan fingerprint density at radius 1 is 1.23 bits per heavy atom. The second-order valence-electron chi connectivity index (χ2n) is 7.12. The van der Waals surface area contributed by atoms with Gasteiger partial charge in [-0.2, -0.15) is 0 Å². The summed E-state index contributed by atoms with van der Waals surface area (Å²) in [4.78, 5) is 20.6. The van der Waals surface area contributed by atoms with E-state index in [1.165, 1.54) is 0 Å². The molecule has 1 fully saturated rings. The van der Waals surface area contributed by atoms with Gasteiger partial charge in [0.2, 0.25) is 5.91 Å². The molecule has 1 rings (SSSR count). The Bertz CT molecular complexity index is 412. The van der Waals surface area contributed by atoms with Crippen LogP contribution < -0.4 is 10.6 Å². The fraction of sp³-hybridized carbons (Fsp3) is 0.889. The second-order valence-corrected chi connectivity index (χ2v) is 7.12. The molecule has 1 atom stereocenters. The van der Waals surface area contributed by atoms with Crippen molar-refractivity contribution >= 4 is 35.8 Å². The molecule has 1 saturated heterocycles. The Balaban J connectivity index is 0.00000625. The number of halogens is 1. The largest absolute Gasteiger partial charge is 0.379 e. The van der Waals surface area contributed by atoms with Gasteiger partial charge in [-0.25, -0.2) is 0 Å². The lowest BCUT2D eigenvalue weighted by Crippen LogP contribution is -2.46. The van der Waals surface area contributed by atoms with Gasteiger partial charge in [0.1, 0.15) is 0 Å². The molecule has 1 amide bonds. The highest BCUT2D eigenvalue weighted by Gasteiger charge is 2.21. The topological polar surface area (TPSA) is 69.2 Å². The molecule has 1 heterocycles. The number of ether oxygens (including phenoxy) is 1. The van der Waals surface area contributed by atoms with Gasteiger partial charge in [-0.1, -0.05) is 13.8 Å². The summed E-state index contributed by atoms with van der Waals surface area (Å²) in [5.41, 5.74) is 0. The predicted molar refractivity (Wildman–Crippen MR) is 118 cm³/mol. The summed E-state index contributed by atoms with van der Waals surface area (Å²) in [5.74, 6) is 1.54. The molecule has 1 aliphatic rings. The summed E-state index contributed by atoms with van der Waals surface area (Å²) < 4.78 is 5.48. The van der Waals surface area contributed by atoms with Crippen LogP contribution in [0.3, 0.4) is 0 Å². The van der Waals surface area contributed by atoms with Crippen molar-refractivity contribution in [3.8, 4) is 0 Å². The van der Waals surface area contributed by atoms with Crippen molar-refractivity contribution in [3.63, 3.8) is 0 Å². The zero-order valence-electron chi connectivity index (χ0n) is 17.1. The van der Waals surface area contributed by atoms with E-state index in [1.807, 2.05) is 0 Å². The Morgan fingerprint density at radius 3 is 2.42 bits per heavy atom. The van der Waals surface area contributed by atoms with Gasteiger partial charge in [0, 0.05) is 52.7 Å². The molecule has 0 spiro atoms. The van der Waals surface area contributed by atoms with Gasteiger partial charge in [-0.15, -0.1) is 24.0 Å². The van der Waals surface area contributed by atoms with E-state index in [1.54, 1.807) is 19.0 Å². The van der Waals surface area contributed by atoms with E-state index >= 15 is 0 Å². The number of nitrogens with one attached hydrogen (secondary N) is 2. The summed E-state index contributed by atoms with van der Waals surface area (Å²) in [6.45, 7) is 12.3. The minimum Gasteiger partial charge on any atom is -0.379 e. The third kappa shape index (κ3) is 10.5. The van der Waals surface area contributed by atoms with Gasteiger partial charge < -0.3 is 20.3 Å². The van der Waals surface area contributed by atoms with E-state index in [4.69, 9.17) is 9.73 Å². The van der Waals surface area contributed by atoms with Crippen LogP contribution in [0.2, 0.25) is 0 Å². The molecule has 0 aromatic heterocycles. The molecule has 1 aliphatic heterocycles. The SMILES string of the molecule is CCNC(=NCC(CC(C)C)N1CCOCC1)NCCC(=O)N(C)C.I. The third-order valence-electron chi connectivity index (χ3n) is 4.24. The number of carbonyl (C=O) groups is 1. The van der Waals surface area contributed by atoms with Crippen LogP contribution in [0.4, 0.5) is 0 Å². The van der Waals surface area contributed by atoms with Crippen LogP contribution in [-0.2, 0) is 9.53 Å². The van der Waals surface area contributed by atoms with Gasteiger partial charge in [-0.05, 0) is 19.3 Å². The fourth-order valence-electron chi connectivity index (χ4n) is 2.88. The van der Waals surface area contributed by atoms with E-state index in [2.05, 4.69) is 36.3 Å². The quantitative estimate of drug-likeness (QED) is 0.295. The maximum Gasteiger partial charge on any atom is 0.223 e. The summed E-state index contributed by atoms with van der Waals surface area (Å²) in [6.07, 6.45) is 1.60. The molecule has 0 bridgehead atoms. The summed E-state index contributed by atoms with van der Waals surface area (Å²) in [7, 11) is 3.56. The Morgan fingerprint density at radius 2 is 1.88 bits per heavy atom. The van der Waals surface area contributed by atoms with Crippen LogP contribution >= 0.6 is 24.0 Å². The first kappa shape index (κ1) is 25.4. The van der Waals surface area contributed by atoms with Crippen molar-refractivity contribution in [2.75, 3.05) is 60.0 Å². The standard InChI is InChI=1S/C18H37N5O2.HI/c1-6-19-18(20-8-7-17(24)22(4)5)21-14-16(13-15(2)3)23-9-11-25-12-10-23;/h15-16H,6-14H2,1-5H3,(H2,19,20,21);1H. The molecule has 0 aromatic rings. The zero-order valence-corrected chi connectivity index (χ0v) is 19.4. The highest BCUT2D eigenvalue weighted by molar-refractivity contribution is 14.0. The van der Waals surface area contributed by atoms with Crippen molar-refractivity contribution in [1.82, 2.24) is 20.4 Å². The first-order valence-corrected chi connectivity index (χ1v) is 9.48. The molecular formula is C18H38IN5O2. The lowest BCUT2D eigenvalue weighted by molar-refractivity contribution is -0.128. The normalized spacial score (nSPS) is 16.8. The van der Waals surface area contributed by atoms with Gasteiger partial charge in [0.25, 0.3) is 0 Å². The van der Waals surface area contributed by atoms with Gasteiger partial charge in [0.05, 0.1) is 19.8 Å². The van der Waals surface area contributed by atoms with Gasteiger partial charge >= 0.3 is 0 Å². The number of aliphatic imine (C=N–C) groups is 1. The fourth-order valence-corrected chi connectivity index (χ4v) is 2.88. The summed E-state index contributed by atoms with van der Waals surface area (Å²) in [6, 6.07) is 0.433. The Hall–Kier alpha value is -0.610. The van der Waals surface area contributed by atoms with Crippen molar-refractivity contribution in [2.24, 2.45) is 10.9 Å². The number of carbonyl (C=O) groups excluding carboxylic acids is 1. The first-order valence-electron chi connectivity index (χ1n) is 9.48. The molecule has 8 heteroatoms. The van der Waals surface area contributed by atoms with Crippen LogP contribution in [-0.4, -0.2) is 87.7 Å². The maximum absolute atomic E-state index is 11.7. The van der Waals surface area contributed by atoms with Crippen LogP contribution in [0.15, 0.2) is 4.99 Å². The number of amides is 1. The molecule has 2 N–H and O–H groups in total. The van der Waals surface area contributed by atoms with E-state index in [0.717, 1.165) is 51.8 Å². The van der Waals surface area contributed by atoms with E-state index in [0.29, 0.717) is 24.9 Å². The van der Waals surface area contributed by atoms with E-state index in [9.17, 15) is 4.79 Å².